The Kier molecular flexibility index (Phi) is 5.07. The number of hydrogen-bond acceptors (Lipinski definition) is 6. The van der Waals surface area contributed by atoms with Crippen LogP contribution in [0.25, 0.3) is 6.08 Å². The molecule has 8 heteroatoms. The van der Waals surface area contributed by atoms with Gasteiger partial charge < -0.3 is 18.9 Å². The van der Waals surface area contributed by atoms with E-state index in [4.69, 9.17) is 18.9 Å². The summed E-state index contributed by atoms with van der Waals surface area (Å²) in [4.78, 5) is 16.2. The van der Waals surface area contributed by atoms with Gasteiger partial charge in [0.2, 0.25) is 11.6 Å². The van der Waals surface area contributed by atoms with E-state index < -0.39 is 17.6 Å². The molecule has 6 nitrogen and oxygen atoms in total. The highest BCUT2D eigenvalue weighted by Crippen LogP contribution is 2.39. The molecule has 0 saturated carbocycles. The van der Waals surface area contributed by atoms with Crippen molar-refractivity contribution in [1.29, 1.82) is 0 Å². The lowest BCUT2D eigenvalue weighted by atomic mass is 10.1. The maximum atomic E-state index is 13.3. The number of nitrogens with zero attached hydrogens (tertiary/aromatic N) is 1. The SMILES string of the molecule is COc1cc(C2=N/C(=C\c3ccc(F)c(F)c3)C(=O)O2)cc(OC)c1OC. The van der Waals surface area contributed by atoms with E-state index in [-0.39, 0.29) is 17.2 Å². The molecule has 1 aliphatic rings. The zero-order chi connectivity index (χ0) is 19.6. The van der Waals surface area contributed by atoms with Crippen molar-refractivity contribution in [2.24, 2.45) is 4.99 Å². The summed E-state index contributed by atoms with van der Waals surface area (Å²) in [6.07, 6.45) is 1.30. The van der Waals surface area contributed by atoms with Crippen LogP contribution in [0.1, 0.15) is 11.1 Å². The maximum absolute atomic E-state index is 13.3. The number of hydrogen-bond donors (Lipinski definition) is 0. The summed E-state index contributed by atoms with van der Waals surface area (Å²) in [6, 6.07) is 6.40. The van der Waals surface area contributed by atoms with Gasteiger partial charge in [-0.1, -0.05) is 6.07 Å². The zero-order valence-corrected chi connectivity index (χ0v) is 14.7. The van der Waals surface area contributed by atoms with E-state index in [1.807, 2.05) is 0 Å². The zero-order valence-electron chi connectivity index (χ0n) is 14.7. The summed E-state index contributed by atoms with van der Waals surface area (Å²) in [7, 11) is 4.38. The van der Waals surface area contributed by atoms with Crippen molar-refractivity contribution < 1.29 is 32.5 Å². The first-order chi connectivity index (χ1) is 13.0. The predicted molar refractivity (Wildman–Crippen MR) is 93.1 cm³/mol. The van der Waals surface area contributed by atoms with Gasteiger partial charge >= 0.3 is 5.97 Å². The highest BCUT2D eigenvalue weighted by molar-refractivity contribution is 6.13. The largest absolute Gasteiger partial charge is 0.493 e. The molecule has 0 amide bonds. The van der Waals surface area contributed by atoms with E-state index in [1.165, 1.54) is 33.5 Å². The van der Waals surface area contributed by atoms with Crippen molar-refractivity contribution in [3.05, 3.63) is 58.8 Å². The van der Waals surface area contributed by atoms with E-state index in [2.05, 4.69) is 4.99 Å². The first kappa shape index (κ1) is 18.4. The van der Waals surface area contributed by atoms with Crippen molar-refractivity contribution in [2.45, 2.75) is 0 Å². The Morgan fingerprint density at radius 2 is 1.63 bits per heavy atom. The molecule has 0 unspecified atom stereocenters. The molecule has 2 aromatic rings. The van der Waals surface area contributed by atoms with E-state index in [0.29, 0.717) is 22.8 Å². The first-order valence-electron chi connectivity index (χ1n) is 7.74. The molecule has 0 aromatic heterocycles. The Hall–Kier alpha value is -3.42. The Morgan fingerprint density at radius 3 is 2.19 bits per heavy atom. The standard InChI is InChI=1S/C19H15F2NO5/c1-24-15-8-11(9-16(25-2)17(15)26-3)18-22-14(19(23)27-18)7-10-4-5-12(20)13(21)6-10/h4-9H,1-3H3/b14-7-. The van der Waals surface area contributed by atoms with Gasteiger partial charge in [-0.25, -0.2) is 18.6 Å². The van der Waals surface area contributed by atoms with Crippen molar-refractivity contribution >= 4 is 17.9 Å². The molecule has 0 bridgehead atoms. The lowest BCUT2D eigenvalue weighted by molar-refractivity contribution is -0.129. The highest BCUT2D eigenvalue weighted by Gasteiger charge is 2.26. The summed E-state index contributed by atoms with van der Waals surface area (Å²) < 4.78 is 47.3. The second-order valence-corrected chi connectivity index (χ2v) is 5.42. The number of carbonyl (C=O) groups excluding carboxylic acids is 1. The third-order valence-electron chi connectivity index (χ3n) is 3.78. The molecule has 27 heavy (non-hydrogen) atoms. The minimum absolute atomic E-state index is 0.0214. The minimum Gasteiger partial charge on any atom is -0.493 e. The highest BCUT2D eigenvalue weighted by atomic mass is 19.2. The van der Waals surface area contributed by atoms with Crippen LogP contribution >= 0.6 is 0 Å². The molecule has 0 radical (unpaired) electrons. The third kappa shape index (κ3) is 3.59. The molecule has 1 aliphatic heterocycles. The average Bonchev–Trinajstić information content (AvgIpc) is 3.03. The van der Waals surface area contributed by atoms with Gasteiger partial charge in [-0.3, -0.25) is 0 Å². The fraction of sp³-hybridized carbons (Fsp3) is 0.158. The second-order valence-electron chi connectivity index (χ2n) is 5.42. The molecule has 140 valence electrons. The van der Waals surface area contributed by atoms with Crippen LogP contribution in [0, 0.1) is 11.6 Å². The summed E-state index contributed by atoms with van der Waals surface area (Å²) in [5, 5.41) is 0. The molecular formula is C19H15F2NO5. The Labute approximate surface area is 153 Å². The van der Waals surface area contributed by atoms with Crippen LogP contribution in [0.4, 0.5) is 8.78 Å². The minimum atomic E-state index is -1.02. The lowest BCUT2D eigenvalue weighted by Gasteiger charge is -2.13. The van der Waals surface area contributed by atoms with Crippen molar-refractivity contribution in [1.82, 2.24) is 0 Å². The van der Waals surface area contributed by atoms with Crippen LogP contribution in [-0.2, 0) is 9.53 Å². The quantitative estimate of drug-likeness (QED) is 0.592. The molecule has 0 saturated heterocycles. The fourth-order valence-corrected chi connectivity index (χ4v) is 2.50. The lowest BCUT2D eigenvalue weighted by Crippen LogP contribution is -2.06. The number of benzene rings is 2. The van der Waals surface area contributed by atoms with E-state index >= 15 is 0 Å². The molecule has 0 spiro atoms. The average molecular weight is 375 g/mol. The van der Waals surface area contributed by atoms with E-state index in [1.54, 1.807) is 12.1 Å². The number of cyclic esters (lactones) is 1. The van der Waals surface area contributed by atoms with Crippen LogP contribution in [0.3, 0.4) is 0 Å². The van der Waals surface area contributed by atoms with Gasteiger partial charge in [0, 0.05) is 5.56 Å². The van der Waals surface area contributed by atoms with Crippen molar-refractivity contribution in [3.63, 3.8) is 0 Å². The van der Waals surface area contributed by atoms with E-state index in [0.717, 1.165) is 12.1 Å². The Bertz CT molecular complexity index is 944. The molecule has 2 aromatic carbocycles. The van der Waals surface area contributed by atoms with Gasteiger partial charge in [0.1, 0.15) is 0 Å². The van der Waals surface area contributed by atoms with Crippen LogP contribution < -0.4 is 14.2 Å². The number of halogens is 2. The number of aliphatic imine (C=N–C) groups is 1. The number of methoxy groups -OCH3 is 3. The summed E-state index contributed by atoms with van der Waals surface area (Å²) in [5.41, 5.74) is 0.645. The molecule has 0 N–H and O–H groups in total. The predicted octanol–water partition coefficient (Wildman–Crippen LogP) is 3.34. The molecule has 1 heterocycles. The summed E-state index contributed by atoms with van der Waals surface area (Å²) in [6.45, 7) is 0. The summed E-state index contributed by atoms with van der Waals surface area (Å²) >= 11 is 0. The van der Waals surface area contributed by atoms with Crippen molar-refractivity contribution in [2.75, 3.05) is 21.3 Å². The molecular weight excluding hydrogens is 360 g/mol. The first-order valence-corrected chi connectivity index (χ1v) is 7.74. The van der Waals surface area contributed by atoms with E-state index in [9.17, 15) is 13.6 Å². The Balaban J connectivity index is 2.01. The molecule has 3 rings (SSSR count). The molecule has 0 atom stereocenters. The molecule has 0 aliphatic carbocycles. The number of esters is 1. The second kappa shape index (κ2) is 7.45. The van der Waals surface area contributed by atoms with Gasteiger partial charge in [-0.15, -0.1) is 0 Å². The van der Waals surface area contributed by atoms with Crippen molar-refractivity contribution in [3.8, 4) is 17.2 Å². The maximum Gasteiger partial charge on any atom is 0.363 e. The summed E-state index contributed by atoms with van der Waals surface area (Å²) in [5.74, 6) is -1.59. The van der Waals surface area contributed by atoms with Crippen LogP contribution in [0.2, 0.25) is 0 Å². The van der Waals surface area contributed by atoms with Crippen LogP contribution in [0.5, 0.6) is 17.2 Å². The van der Waals surface area contributed by atoms with Gasteiger partial charge in [0.15, 0.2) is 28.8 Å². The molecule has 0 fully saturated rings. The fourth-order valence-electron chi connectivity index (χ4n) is 2.50. The van der Waals surface area contributed by atoms with Crippen LogP contribution in [-0.4, -0.2) is 33.2 Å². The van der Waals surface area contributed by atoms with Gasteiger partial charge in [-0.2, -0.15) is 0 Å². The topological polar surface area (TPSA) is 66.4 Å². The van der Waals surface area contributed by atoms with Gasteiger partial charge in [0.05, 0.1) is 21.3 Å². The Morgan fingerprint density at radius 1 is 0.963 bits per heavy atom. The number of ether oxygens (including phenoxy) is 4. The normalized spacial score (nSPS) is 14.8. The monoisotopic (exact) mass is 375 g/mol. The van der Waals surface area contributed by atoms with Gasteiger partial charge in [-0.05, 0) is 35.9 Å². The van der Waals surface area contributed by atoms with Gasteiger partial charge in [0.25, 0.3) is 0 Å². The number of carbonyl (C=O) groups is 1. The van der Waals surface area contributed by atoms with Crippen LogP contribution in [0.15, 0.2) is 41.0 Å². The third-order valence-corrected chi connectivity index (χ3v) is 3.78. The smallest absolute Gasteiger partial charge is 0.363 e. The number of rotatable bonds is 5.